The van der Waals surface area contributed by atoms with Gasteiger partial charge in [-0.3, -0.25) is 4.79 Å². The molecule has 1 unspecified atom stereocenters. The molecule has 0 saturated carbocycles. The summed E-state index contributed by atoms with van der Waals surface area (Å²) in [4.78, 5) is 14.2. The Kier molecular flexibility index (Phi) is 6.77. The summed E-state index contributed by atoms with van der Waals surface area (Å²) >= 11 is 0. The first kappa shape index (κ1) is 20.7. The zero-order chi connectivity index (χ0) is 20.8. The van der Waals surface area contributed by atoms with Crippen LogP contribution in [-0.2, 0) is 22.6 Å². The van der Waals surface area contributed by atoms with Gasteiger partial charge in [0, 0.05) is 26.1 Å². The van der Waals surface area contributed by atoms with Gasteiger partial charge >= 0.3 is 0 Å². The van der Waals surface area contributed by atoms with Gasteiger partial charge < -0.3 is 23.8 Å². The smallest absolute Gasteiger partial charge is 0.246 e. The fourth-order valence-corrected chi connectivity index (χ4v) is 3.41. The SMILES string of the molecule is COc1cc(/C=C/C(=O)N(C)CC2Cc3ccccc3CO2)cc(OC)c1OC. The second-order valence-electron chi connectivity index (χ2n) is 6.92. The quantitative estimate of drug-likeness (QED) is 0.671. The molecule has 0 saturated heterocycles. The number of nitrogens with zero attached hydrogens (tertiary/aromatic N) is 1. The van der Waals surface area contributed by atoms with Crippen molar-refractivity contribution in [3.8, 4) is 17.2 Å². The van der Waals surface area contributed by atoms with Gasteiger partial charge in [-0.25, -0.2) is 0 Å². The molecule has 1 atom stereocenters. The normalized spacial score (nSPS) is 15.7. The van der Waals surface area contributed by atoms with E-state index >= 15 is 0 Å². The number of methoxy groups -OCH3 is 3. The Morgan fingerprint density at radius 2 is 1.76 bits per heavy atom. The third-order valence-corrected chi connectivity index (χ3v) is 5.00. The molecule has 1 aliphatic heterocycles. The second kappa shape index (κ2) is 9.47. The Morgan fingerprint density at radius 1 is 1.10 bits per heavy atom. The number of benzene rings is 2. The molecule has 0 bridgehead atoms. The van der Waals surface area contributed by atoms with Gasteiger partial charge in [0.25, 0.3) is 0 Å². The number of amides is 1. The highest BCUT2D eigenvalue weighted by atomic mass is 16.5. The Balaban J connectivity index is 1.64. The molecule has 3 rings (SSSR count). The first-order chi connectivity index (χ1) is 14.0. The average Bonchev–Trinajstić information content (AvgIpc) is 2.76. The van der Waals surface area contributed by atoms with Crippen molar-refractivity contribution < 1.29 is 23.7 Å². The molecular weight excluding hydrogens is 370 g/mol. The Bertz CT molecular complexity index is 868. The maximum atomic E-state index is 12.6. The summed E-state index contributed by atoms with van der Waals surface area (Å²) in [5.74, 6) is 1.51. The summed E-state index contributed by atoms with van der Waals surface area (Å²) in [5, 5.41) is 0. The zero-order valence-electron chi connectivity index (χ0n) is 17.3. The molecule has 1 aliphatic rings. The number of hydrogen-bond acceptors (Lipinski definition) is 5. The zero-order valence-corrected chi connectivity index (χ0v) is 17.3. The Hall–Kier alpha value is -2.99. The molecule has 6 nitrogen and oxygen atoms in total. The lowest BCUT2D eigenvalue weighted by atomic mass is 9.99. The van der Waals surface area contributed by atoms with Crippen molar-refractivity contribution in [1.82, 2.24) is 4.90 Å². The number of ether oxygens (including phenoxy) is 4. The van der Waals surface area contributed by atoms with Crippen molar-refractivity contribution >= 4 is 12.0 Å². The maximum Gasteiger partial charge on any atom is 0.246 e. The van der Waals surface area contributed by atoms with Gasteiger partial charge in [0.1, 0.15) is 0 Å². The molecule has 0 aromatic heterocycles. The second-order valence-corrected chi connectivity index (χ2v) is 6.92. The Labute approximate surface area is 171 Å². The standard InChI is InChI=1S/C23H27NO5/c1-24(14-19-13-17-7-5-6-8-18(17)15-29-19)22(25)10-9-16-11-20(26-2)23(28-4)21(12-16)27-3/h5-12,19H,13-15H2,1-4H3/b10-9+. The Morgan fingerprint density at radius 3 is 2.38 bits per heavy atom. The van der Waals surface area contributed by atoms with Gasteiger partial charge in [0.2, 0.25) is 11.7 Å². The molecule has 154 valence electrons. The largest absolute Gasteiger partial charge is 0.493 e. The van der Waals surface area contributed by atoms with Crippen LogP contribution in [0, 0.1) is 0 Å². The summed E-state index contributed by atoms with van der Waals surface area (Å²) in [6, 6.07) is 11.9. The van der Waals surface area contributed by atoms with Crippen molar-refractivity contribution in [2.45, 2.75) is 19.1 Å². The van der Waals surface area contributed by atoms with Crippen molar-refractivity contribution in [3.63, 3.8) is 0 Å². The van der Waals surface area contributed by atoms with Crippen LogP contribution in [0.4, 0.5) is 0 Å². The van der Waals surface area contributed by atoms with E-state index in [1.165, 1.54) is 17.2 Å². The van der Waals surface area contributed by atoms with Crippen LogP contribution in [0.2, 0.25) is 0 Å². The minimum atomic E-state index is -0.0961. The van der Waals surface area contributed by atoms with Crippen LogP contribution in [0.25, 0.3) is 6.08 Å². The molecule has 2 aromatic rings. The van der Waals surface area contributed by atoms with Gasteiger partial charge in [0.15, 0.2) is 11.5 Å². The molecule has 0 spiro atoms. The highest BCUT2D eigenvalue weighted by Crippen LogP contribution is 2.38. The van der Waals surface area contributed by atoms with Crippen LogP contribution in [0.1, 0.15) is 16.7 Å². The lowest BCUT2D eigenvalue weighted by Crippen LogP contribution is -2.37. The minimum Gasteiger partial charge on any atom is -0.493 e. The monoisotopic (exact) mass is 397 g/mol. The number of fused-ring (bicyclic) bond motifs is 1. The van der Waals surface area contributed by atoms with E-state index in [0.29, 0.717) is 30.4 Å². The number of carbonyl (C=O) groups is 1. The molecule has 29 heavy (non-hydrogen) atoms. The van der Waals surface area contributed by atoms with Gasteiger partial charge in [-0.15, -0.1) is 0 Å². The highest BCUT2D eigenvalue weighted by Gasteiger charge is 2.21. The van der Waals surface area contributed by atoms with E-state index < -0.39 is 0 Å². The van der Waals surface area contributed by atoms with Crippen LogP contribution in [-0.4, -0.2) is 51.8 Å². The van der Waals surface area contributed by atoms with Crippen molar-refractivity contribution in [2.24, 2.45) is 0 Å². The summed E-state index contributed by atoms with van der Waals surface area (Å²) in [5.41, 5.74) is 3.29. The summed E-state index contributed by atoms with van der Waals surface area (Å²) < 4.78 is 21.9. The summed E-state index contributed by atoms with van der Waals surface area (Å²) in [7, 11) is 6.46. The molecule has 0 N–H and O–H groups in total. The molecule has 0 radical (unpaired) electrons. The number of carbonyl (C=O) groups excluding carboxylic acids is 1. The number of rotatable bonds is 7. The molecule has 0 fully saturated rings. The van der Waals surface area contributed by atoms with E-state index in [1.807, 2.05) is 12.1 Å². The lowest BCUT2D eigenvalue weighted by molar-refractivity contribution is -0.126. The van der Waals surface area contributed by atoms with E-state index in [4.69, 9.17) is 18.9 Å². The predicted octanol–water partition coefficient (Wildman–Crippen LogP) is 3.33. The average molecular weight is 397 g/mol. The predicted molar refractivity (Wildman–Crippen MR) is 111 cm³/mol. The fraction of sp³-hybridized carbons (Fsp3) is 0.348. The fourth-order valence-electron chi connectivity index (χ4n) is 3.41. The number of likely N-dealkylation sites (N-methyl/N-ethyl adjacent to an activating group) is 1. The van der Waals surface area contributed by atoms with Gasteiger partial charge in [-0.05, 0) is 34.9 Å². The molecule has 6 heteroatoms. The van der Waals surface area contributed by atoms with Crippen LogP contribution < -0.4 is 14.2 Å². The third-order valence-electron chi connectivity index (χ3n) is 5.00. The van der Waals surface area contributed by atoms with Crippen molar-refractivity contribution in [3.05, 3.63) is 59.2 Å². The van der Waals surface area contributed by atoms with Crippen LogP contribution >= 0.6 is 0 Å². The van der Waals surface area contributed by atoms with Gasteiger partial charge in [0.05, 0.1) is 34.0 Å². The van der Waals surface area contributed by atoms with E-state index in [-0.39, 0.29) is 12.0 Å². The van der Waals surface area contributed by atoms with Gasteiger partial charge in [-0.2, -0.15) is 0 Å². The maximum absolute atomic E-state index is 12.6. The van der Waals surface area contributed by atoms with Crippen LogP contribution in [0.15, 0.2) is 42.5 Å². The number of hydrogen-bond donors (Lipinski definition) is 0. The van der Waals surface area contributed by atoms with Crippen LogP contribution in [0.5, 0.6) is 17.2 Å². The third kappa shape index (κ3) is 4.90. The van der Waals surface area contributed by atoms with Crippen molar-refractivity contribution in [2.75, 3.05) is 34.9 Å². The lowest BCUT2D eigenvalue weighted by Gasteiger charge is -2.28. The molecule has 1 heterocycles. The van der Waals surface area contributed by atoms with Gasteiger partial charge in [-0.1, -0.05) is 24.3 Å². The van der Waals surface area contributed by atoms with Crippen molar-refractivity contribution in [1.29, 1.82) is 0 Å². The first-order valence-electron chi connectivity index (χ1n) is 9.47. The molecule has 1 amide bonds. The first-order valence-corrected chi connectivity index (χ1v) is 9.47. The minimum absolute atomic E-state index is 0.00609. The van der Waals surface area contributed by atoms with E-state index in [1.54, 1.807) is 51.5 Å². The summed E-state index contributed by atoms with van der Waals surface area (Å²) in [6.45, 7) is 1.12. The summed E-state index contributed by atoms with van der Waals surface area (Å²) in [6.07, 6.45) is 4.08. The molecular formula is C23H27NO5. The topological polar surface area (TPSA) is 57.2 Å². The van der Waals surface area contributed by atoms with E-state index in [0.717, 1.165) is 12.0 Å². The highest BCUT2D eigenvalue weighted by molar-refractivity contribution is 5.91. The van der Waals surface area contributed by atoms with E-state index in [9.17, 15) is 4.79 Å². The molecule has 2 aromatic carbocycles. The van der Waals surface area contributed by atoms with Crippen LogP contribution in [0.3, 0.4) is 0 Å². The molecule has 0 aliphatic carbocycles. The van der Waals surface area contributed by atoms with E-state index in [2.05, 4.69) is 12.1 Å².